The van der Waals surface area contributed by atoms with Gasteiger partial charge in [0.15, 0.2) is 7.05 Å². The van der Waals surface area contributed by atoms with Gasteiger partial charge in [0.25, 0.3) is 0 Å². The lowest BCUT2D eigenvalue weighted by atomic mass is 9.88. The highest BCUT2D eigenvalue weighted by Gasteiger charge is 2.28. The maximum atomic E-state index is 11.4. The van der Waals surface area contributed by atoms with Crippen molar-refractivity contribution in [2.45, 2.75) is 32.7 Å². The minimum absolute atomic E-state index is 0.120. The highest BCUT2D eigenvalue weighted by Crippen LogP contribution is 2.25. The number of allylic oxidation sites excluding steroid dienone is 3. The molecule has 84 valence electrons. The Bertz CT molecular complexity index is 294. The highest BCUT2D eigenvalue weighted by molar-refractivity contribution is 7.84. The Labute approximate surface area is 97.4 Å². The van der Waals surface area contributed by atoms with Crippen LogP contribution in [-0.2, 0) is 0 Å². The zero-order chi connectivity index (χ0) is 11.4. The SMILES string of the molecule is CC(C)C(CC1C=CC(S)=CC1)[N+](C)=O. The molecule has 15 heavy (non-hydrogen) atoms. The van der Waals surface area contributed by atoms with Gasteiger partial charge in [0, 0.05) is 17.2 Å². The zero-order valence-corrected chi connectivity index (χ0v) is 10.6. The van der Waals surface area contributed by atoms with Crippen molar-refractivity contribution in [1.29, 1.82) is 0 Å². The lowest BCUT2D eigenvalue weighted by Crippen LogP contribution is -2.29. The molecule has 0 aromatic carbocycles. The molecule has 2 unspecified atom stereocenters. The summed E-state index contributed by atoms with van der Waals surface area (Å²) in [6.45, 7) is 4.21. The summed E-state index contributed by atoms with van der Waals surface area (Å²) in [5.74, 6) is 0.895. The minimum Gasteiger partial charge on any atom is -0.144 e. The van der Waals surface area contributed by atoms with Crippen LogP contribution in [0.25, 0.3) is 0 Å². The molecule has 0 aromatic heterocycles. The average molecular weight is 226 g/mol. The number of hydrogen-bond acceptors (Lipinski definition) is 2. The van der Waals surface area contributed by atoms with Crippen LogP contribution in [0, 0.1) is 16.7 Å². The molecule has 0 amide bonds. The molecular weight excluding hydrogens is 206 g/mol. The summed E-state index contributed by atoms with van der Waals surface area (Å²) < 4.78 is 1.10. The van der Waals surface area contributed by atoms with Crippen LogP contribution in [0.2, 0.25) is 0 Å². The second-order valence-electron chi connectivity index (χ2n) is 4.58. The summed E-state index contributed by atoms with van der Waals surface area (Å²) in [6.07, 6.45) is 8.26. The summed E-state index contributed by atoms with van der Waals surface area (Å²) >= 11 is 4.28. The Kier molecular flexibility index (Phi) is 4.58. The van der Waals surface area contributed by atoms with Gasteiger partial charge in [-0.1, -0.05) is 32.1 Å². The van der Waals surface area contributed by atoms with Gasteiger partial charge < -0.3 is 0 Å². The van der Waals surface area contributed by atoms with E-state index in [9.17, 15) is 4.91 Å². The number of hydrogen-bond donors (Lipinski definition) is 1. The van der Waals surface area contributed by atoms with E-state index in [1.165, 1.54) is 0 Å². The second-order valence-corrected chi connectivity index (χ2v) is 5.09. The van der Waals surface area contributed by atoms with Gasteiger partial charge in [0.1, 0.15) is 0 Å². The molecule has 0 spiro atoms. The van der Waals surface area contributed by atoms with Crippen molar-refractivity contribution in [2.24, 2.45) is 11.8 Å². The smallest absolute Gasteiger partial charge is 0.144 e. The van der Waals surface area contributed by atoms with E-state index in [1.54, 1.807) is 7.05 Å². The second kappa shape index (κ2) is 5.50. The summed E-state index contributed by atoms with van der Waals surface area (Å²) in [5.41, 5.74) is 0. The topological polar surface area (TPSA) is 20.1 Å². The van der Waals surface area contributed by atoms with E-state index in [1.807, 2.05) is 6.08 Å². The van der Waals surface area contributed by atoms with Crippen molar-refractivity contribution in [3.63, 3.8) is 0 Å². The third-order valence-corrected chi connectivity index (χ3v) is 3.28. The maximum absolute atomic E-state index is 11.4. The first-order valence-electron chi connectivity index (χ1n) is 5.48. The standard InChI is InChI=1S/C12H19NOS/c1-9(2)12(13(3)14)8-10-4-6-11(15)7-5-10/h4,6-7,9-10,12H,5,8H2,1-3H3/p+1. The monoisotopic (exact) mass is 226 g/mol. The normalized spacial score (nSPS) is 22.7. The largest absolute Gasteiger partial charge is 0.203 e. The third kappa shape index (κ3) is 3.82. The van der Waals surface area contributed by atoms with E-state index in [2.05, 4.69) is 38.6 Å². The summed E-state index contributed by atoms with van der Waals surface area (Å²) in [4.78, 5) is 12.4. The molecule has 0 saturated heterocycles. The van der Waals surface area contributed by atoms with Crippen molar-refractivity contribution in [2.75, 3.05) is 7.05 Å². The maximum Gasteiger partial charge on any atom is 0.203 e. The van der Waals surface area contributed by atoms with E-state index >= 15 is 0 Å². The Morgan fingerprint density at radius 2 is 2.27 bits per heavy atom. The van der Waals surface area contributed by atoms with Crippen molar-refractivity contribution in [3.8, 4) is 0 Å². The first-order chi connectivity index (χ1) is 7.00. The van der Waals surface area contributed by atoms with E-state index in [-0.39, 0.29) is 6.04 Å². The Hall–Kier alpha value is -0.570. The van der Waals surface area contributed by atoms with Gasteiger partial charge >= 0.3 is 0 Å². The molecule has 0 fully saturated rings. The molecule has 2 nitrogen and oxygen atoms in total. The molecule has 1 rings (SSSR count). The lowest BCUT2D eigenvalue weighted by Gasteiger charge is -2.18. The minimum atomic E-state index is 0.120. The van der Waals surface area contributed by atoms with Crippen LogP contribution in [0.5, 0.6) is 0 Å². The molecule has 2 atom stereocenters. The van der Waals surface area contributed by atoms with Crippen LogP contribution < -0.4 is 0 Å². The molecule has 1 aliphatic rings. The first-order valence-corrected chi connectivity index (χ1v) is 5.92. The van der Waals surface area contributed by atoms with Gasteiger partial charge in [-0.05, 0) is 22.0 Å². The van der Waals surface area contributed by atoms with E-state index in [0.717, 1.165) is 22.5 Å². The average Bonchev–Trinajstić information content (AvgIpc) is 2.15. The number of nitroso groups, excluding NO2 is 1. The number of nitrogens with zero attached hydrogens (tertiary/aromatic N) is 1. The molecule has 0 heterocycles. The molecule has 0 saturated carbocycles. The van der Waals surface area contributed by atoms with Gasteiger partial charge in [-0.25, -0.2) is 0 Å². The molecule has 0 bridgehead atoms. The fourth-order valence-corrected chi connectivity index (χ4v) is 2.17. The fraction of sp³-hybridized carbons (Fsp3) is 0.667. The molecule has 0 aromatic rings. The molecule has 0 aliphatic heterocycles. The summed E-state index contributed by atoms with van der Waals surface area (Å²) in [7, 11) is 1.62. The molecule has 0 radical (unpaired) electrons. The van der Waals surface area contributed by atoms with Crippen molar-refractivity contribution >= 4 is 12.6 Å². The van der Waals surface area contributed by atoms with Crippen LogP contribution in [-0.4, -0.2) is 17.8 Å². The van der Waals surface area contributed by atoms with Crippen LogP contribution in [0.1, 0.15) is 26.7 Å². The van der Waals surface area contributed by atoms with Crippen LogP contribution >= 0.6 is 12.6 Å². The van der Waals surface area contributed by atoms with Crippen molar-refractivity contribution < 1.29 is 4.76 Å². The highest BCUT2D eigenvalue weighted by atomic mass is 32.1. The lowest BCUT2D eigenvalue weighted by molar-refractivity contribution is -0.568. The van der Waals surface area contributed by atoms with Crippen molar-refractivity contribution in [1.82, 2.24) is 0 Å². The predicted octanol–water partition coefficient (Wildman–Crippen LogP) is 3.20. The van der Waals surface area contributed by atoms with Gasteiger partial charge in [-0.3, -0.25) is 0 Å². The zero-order valence-electron chi connectivity index (χ0n) is 9.68. The summed E-state index contributed by atoms with van der Waals surface area (Å²) in [5, 5.41) is 0. The quantitative estimate of drug-likeness (QED) is 0.576. The van der Waals surface area contributed by atoms with Gasteiger partial charge in [-0.15, -0.1) is 12.6 Å². The molecule has 3 heteroatoms. The Morgan fingerprint density at radius 1 is 1.60 bits per heavy atom. The molecular formula is C12H20NOS+. The Morgan fingerprint density at radius 3 is 2.67 bits per heavy atom. The number of rotatable bonds is 4. The fourth-order valence-electron chi connectivity index (χ4n) is 1.98. The molecule has 1 aliphatic carbocycles. The van der Waals surface area contributed by atoms with Gasteiger partial charge in [0.2, 0.25) is 6.04 Å². The number of thiol groups is 1. The van der Waals surface area contributed by atoms with Crippen LogP contribution in [0.4, 0.5) is 0 Å². The van der Waals surface area contributed by atoms with Crippen molar-refractivity contribution in [3.05, 3.63) is 28.0 Å². The Balaban J connectivity index is 2.54. The predicted molar refractivity (Wildman–Crippen MR) is 67.1 cm³/mol. The van der Waals surface area contributed by atoms with E-state index < -0.39 is 0 Å². The third-order valence-electron chi connectivity index (χ3n) is 2.95. The van der Waals surface area contributed by atoms with Crippen LogP contribution in [0.15, 0.2) is 23.1 Å². The first kappa shape index (κ1) is 12.5. The van der Waals surface area contributed by atoms with E-state index in [0.29, 0.717) is 11.8 Å². The summed E-state index contributed by atoms with van der Waals surface area (Å²) in [6, 6.07) is 0.120. The van der Waals surface area contributed by atoms with E-state index in [4.69, 9.17) is 0 Å². The van der Waals surface area contributed by atoms with Gasteiger partial charge in [0.05, 0.1) is 0 Å². The van der Waals surface area contributed by atoms with Crippen LogP contribution in [0.3, 0.4) is 0 Å². The van der Waals surface area contributed by atoms with Gasteiger partial charge in [-0.2, -0.15) is 0 Å². The molecule has 0 N–H and O–H groups in total.